The van der Waals surface area contributed by atoms with Crippen LogP contribution in [0.2, 0.25) is 0 Å². The van der Waals surface area contributed by atoms with E-state index in [1.807, 2.05) is 0 Å². The molecule has 0 bridgehead atoms. The Morgan fingerprint density at radius 2 is 2.25 bits per heavy atom. The van der Waals surface area contributed by atoms with E-state index in [1.165, 1.54) is 13.2 Å². The van der Waals surface area contributed by atoms with Crippen LogP contribution >= 0.6 is 0 Å². The van der Waals surface area contributed by atoms with E-state index < -0.39 is 17.8 Å². The Morgan fingerprint density at radius 3 is 2.69 bits per heavy atom. The second kappa shape index (κ2) is 4.94. The summed E-state index contributed by atoms with van der Waals surface area (Å²) in [5.41, 5.74) is 6.19. The zero-order valence-corrected chi connectivity index (χ0v) is 9.16. The fraction of sp³-hybridized carbons (Fsp3) is 0.364. The topological polar surface area (TPSA) is 72.6 Å². The van der Waals surface area contributed by atoms with Gasteiger partial charge in [0, 0.05) is 11.6 Å². The summed E-state index contributed by atoms with van der Waals surface area (Å²) >= 11 is 0. The first-order valence-electron chi connectivity index (χ1n) is 4.86. The quantitative estimate of drug-likeness (QED) is 0.817. The second-order valence-corrected chi connectivity index (χ2v) is 3.36. The lowest BCUT2D eigenvalue weighted by molar-refractivity contribution is -0.138. The molecule has 0 saturated heterocycles. The van der Waals surface area contributed by atoms with Gasteiger partial charge in [0.15, 0.2) is 0 Å². The van der Waals surface area contributed by atoms with Crippen molar-refractivity contribution in [3.63, 3.8) is 0 Å². The maximum Gasteiger partial charge on any atom is 0.325 e. The number of hydrogen-bond acceptors (Lipinski definition) is 3. The minimum atomic E-state index is -1.21. The van der Waals surface area contributed by atoms with Crippen molar-refractivity contribution in [2.24, 2.45) is 5.73 Å². The number of carbonyl (C=O) groups is 1. The first-order valence-corrected chi connectivity index (χ1v) is 4.86. The minimum absolute atomic E-state index is 0.157. The van der Waals surface area contributed by atoms with E-state index in [0.29, 0.717) is 12.0 Å². The molecule has 1 unspecified atom stereocenters. The lowest BCUT2D eigenvalue weighted by Gasteiger charge is -2.14. The third kappa shape index (κ3) is 2.30. The number of methoxy groups -OCH3 is 1. The van der Waals surface area contributed by atoms with E-state index in [-0.39, 0.29) is 11.3 Å². The molecule has 0 aliphatic rings. The number of nitrogens with two attached hydrogens (primary N) is 1. The van der Waals surface area contributed by atoms with Gasteiger partial charge < -0.3 is 15.6 Å². The van der Waals surface area contributed by atoms with Gasteiger partial charge in [-0.3, -0.25) is 4.79 Å². The van der Waals surface area contributed by atoms with Crippen LogP contribution < -0.4 is 10.5 Å². The predicted octanol–water partition coefficient (Wildman–Crippen LogP) is 1.48. The monoisotopic (exact) mass is 227 g/mol. The summed E-state index contributed by atoms with van der Waals surface area (Å²) in [5.74, 6) is -1.43. The summed E-state index contributed by atoms with van der Waals surface area (Å²) in [4.78, 5) is 10.8. The zero-order chi connectivity index (χ0) is 12.3. The van der Waals surface area contributed by atoms with Crippen LogP contribution in [0.1, 0.15) is 24.1 Å². The summed E-state index contributed by atoms with van der Waals surface area (Å²) in [6.45, 7) is 1.78. The van der Waals surface area contributed by atoms with Crippen LogP contribution in [0, 0.1) is 5.82 Å². The van der Waals surface area contributed by atoms with E-state index in [2.05, 4.69) is 0 Å². The molecule has 16 heavy (non-hydrogen) atoms. The fourth-order valence-electron chi connectivity index (χ4n) is 1.44. The summed E-state index contributed by atoms with van der Waals surface area (Å²) in [5, 5.41) is 8.81. The van der Waals surface area contributed by atoms with Crippen molar-refractivity contribution in [1.29, 1.82) is 0 Å². The van der Waals surface area contributed by atoms with Gasteiger partial charge in [0.25, 0.3) is 0 Å². The summed E-state index contributed by atoms with van der Waals surface area (Å²) in [6, 6.07) is 1.39. The average Bonchev–Trinajstić information content (AvgIpc) is 2.27. The van der Waals surface area contributed by atoms with Crippen molar-refractivity contribution in [1.82, 2.24) is 0 Å². The average molecular weight is 227 g/mol. The highest BCUT2D eigenvalue weighted by Crippen LogP contribution is 2.27. The summed E-state index contributed by atoms with van der Waals surface area (Å²) < 4.78 is 18.3. The highest BCUT2D eigenvalue weighted by molar-refractivity contribution is 5.76. The van der Waals surface area contributed by atoms with Gasteiger partial charge in [0.1, 0.15) is 17.6 Å². The molecule has 0 aromatic heterocycles. The standard InChI is InChI=1S/C11H14FNO3/c1-3-6-4-7(10(13)11(14)15)9(16-2)5-8(6)12/h4-5,10H,3,13H2,1-2H3,(H,14,15). The molecule has 3 N–H and O–H groups in total. The molecule has 0 heterocycles. The van der Waals surface area contributed by atoms with Crippen LogP contribution in [0.5, 0.6) is 5.75 Å². The number of carboxylic acid groups (broad SMARTS) is 1. The van der Waals surface area contributed by atoms with Crippen molar-refractivity contribution < 1.29 is 19.0 Å². The number of benzene rings is 1. The van der Waals surface area contributed by atoms with Crippen molar-refractivity contribution in [2.45, 2.75) is 19.4 Å². The molecule has 0 amide bonds. The van der Waals surface area contributed by atoms with Crippen molar-refractivity contribution >= 4 is 5.97 Å². The van der Waals surface area contributed by atoms with Gasteiger partial charge in [-0.05, 0) is 18.1 Å². The molecule has 1 aromatic carbocycles. The van der Waals surface area contributed by atoms with Crippen molar-refractivity contribution in [3.05, 3.63) is 29.1 Å². The van der Waals surface area contributed by atoms with E-state index in [9.17, 15) is 9.18 Å². The molecule has 88 valence electrons. The van der Waals surface area contributed by atoms with Gasteiger partial charge in [0.05, 0.1) is 7.11 Å². The van der Waals surface area contributed by atoms with Crippen LogP contribution in [-0.4, -0.2) is 18.2 Å². The number of rotatable bonds is 4. The van der Waals surface area contributed by atoms with Crippen LogP contribution in [0.4, 0.5) is 4.39 Å². The molecular formula is C11H14FNO3. The predicted molar refractivity (Wildman–Crippen MR) is 56.9 cm³/mol. The molecule has 5 heteroatoms. The fourth-order valence-corrected chi connectivity index (χ4v) is 1.44. The van der Waals surface area contributed by atoms with E-state index in [4.69, 9.17) is 15.6 Å². The van der Waals surface area contributed by atoms with Gasteiger partial charge in [-0.1, -0.05) is 6.92 Å². The summed E-state index contributed by atoms with van der Waals surface area (Å²) in [6.07, 6.45) is 0.467. The number of halogens is 1. The first kappa shape index (κ1) is 12.4. The lowest BCUT2D eigenvalue weighted by Crippen LogP contribution is -2.21. The Hall–Kier alpha value is -1.62. The number of hydrogen-bond donors (Lipinski definition) is 2. The maximum absolute atomic E-state index is 13.4. The van der Waals surface area contributed by atoms with E-state index in [1.54, 1.807) is 6.92 Å². The molecule has 0 radical (unpaired) electrons. The normalized spacial score (nSPS) is 12.2. The Bertz CT molecular complexity index is 406. The van der Waals surface area contributed by atoms with Crippen molar-refractivity contribution in [2.75, 3.05) is 7.11 Å². The Labute approximate surface area is 92.8 Å². The second-order valence-electron chi connectivity index (χ2n) is 3.36. The molecule has 1 aromatic rings. The number of carboxylic acids is 1. The molecule has 1 atom stereocenters. The van der Waals surface area contributed by atoms with Crippen molar-refractivity contribution in [3.8, 4) is 5.75 Å². The molecule has 4 nitrogen and oxygen atoms in total. The Kier molecular flexibility index (Phi) is 3.84. The van der Waals surface area contributed by atoms with Crippen LogP contribution in [0.3, 0.4) is 0 Å². The van der Waals surface area contributed by atoms with Gasteiger partial charge in [-0.25, -0.2) is 4.39 Å². The smallest absolute Gasteiger partial charge is 0.325 e. The van der Waals surface area contributed by atoms with Gasteiger partial charge in [-0.15, -0.1) is 0 Å². The molecular weight excluding hydrogens is 213 g/mol. The molecule has 0 aliphatic carbocycles. The third-order valence-corrected chi connectivity index (χ3v) is 2.38. The lowest BCUT2D eigenvalue weighted by atomic mass is 10.0. The highest BCUT2D eigenvalue weighted by Gasteiger charge is 2.20. The van der Waals surface area contributed by atoms with Gasteiger partial charge in [0.2, 0.25) is 0 Å². The zero-order valence-electron chi connectivity index (χ0n) is 9.16. The largest absolute Gasteiger partial charge is 0.496 e. The molecule has 0 fully saturated rings. The number of aliphatic carboxylic acids is 1. The van der Waals surface area contributed by atoms with Crippen LogP contribution in [0.25, 0.3) is 0 Å². The Balaban J connectivity index is 3.29. The summed E-state index contributed by atoms with van der Waals surface area (Å²) in [7, 11) is 1.35. The number of ether oxygens (including phenoxy) is 1. The van der Waals surface area contributed by atoms with Crippen LogP contribution in [0.15, 0.2) is 12.1 Å². The first-order chi connectivity index (χ1) is 7.51. The van der Waals surface area contributed by atoms with Gasteiger partial charge >= 0.3 is 5.97 Å². The molecule has 0 aliphatic heterocycles. The number of aryl methyl sites for hydroxylation is 1. The molecule has 1 rings (SSSR count). The van der Waals surface area contributed by atoms with Gasteiger partial charge in [-0.2, -0.15) is 0 Å². The SMILES string of the molecule is CCc1cc(C(N)C(=O)O)c(OC)cc1F. The van der Waals surface area contributed by atoms with E-state index >= 15 is 0 Å². The minimum Gasteiger partial charge on any atom is -0.496 e. The maximum atomic E-state index is 13.4. The Morgan fingerprint density at radius 1 is 1.62 bits per heavy atom. The highest BCUT2D eigenvalue weighted by atomic mass is 19.1. The van der Waals surface area contributed by atoms with Crippen LogP contribution in [-0.2, 0) is 11.2 Å². The molecule has 0 saturated carbocycles. The third-order valence-electron chi connectivity index (χ3n) is 2.38. The van der Waals surface area contributed by atoms with E-state index in [0.717, 1.165) is 6.07 Å². The molecule has 0 spiro atoms.